The van der Waals surface area contributed by atoms with E-state index < -0.39 is 0 Å². The standard InChI is InChI=1S/C25H21BrN2O/c26-19-12-10-17(11-13-19)25-24-22(27-20-8-4-5-9-21(20)28-25)14-18(15-23(24)29)16-6-2-1-3-7-16/h1-13,18,25,27-28H,14-15H2/t18-,25+/m1/s1. The van der Waals surface area contributed by atoms with Crippen molar-refractivity contribution in [2.45, 2.75) is 24.8 Å². The fraction of sp³-hybridized carbons (Fsp3) is 0.160. The third kappa shape index (κ3) is 3.49. The van der Waals surface area contributed by atoms with E-state index in [1.807, 2.05) is 42.5 Å². The number of carbonyl (C=O) groups excluding carboxylic acids is 1. The van der Waals surface area contributed by atoms with E-state index in [1.54, 1.807) is 0 Å². The van der Waals surface area contributed by atoms with E-state index in [2.05, 4.69) is 63.0 Å². The first-order chi connectivity index (χ1) is 14.2. The molecule has 0 unspecified atom stereocenters. The number of nitrogens with one attached hydrogen (secondary N) is 2. The van der Waals surface area contributed by atoms with Crippen LogP contribution in [-0.2, 0) is 4.79 Å². The molecule has 2 aliphatic rings. The lowest BCUT2D eigenvalue weighted by molar-refractivity contribution is -0.116. The highest BCUT2D eigenvalue weighted by molar-refractivity contribution is 9.10. The number of allylic oxidation sites excluding steroid dienone is 1. The molecule has 1 aliphatic carbocycles. The van der Waals surface area contributed by atoms with Crippen molar-refractivity contribution in [2.75, 3.05) is 10.6 Å². The molecule has 1 aliphatic heterocycles. The first-order valence-corrected chi connectivity index (χ1v) is 10.7. The largest absolute Gasteiger partial charge is 0.372 e. The van der Waals surface area contributed by atoms with Gasteiger partial charge in [-0.25, -0.2) is 0 Å². The number of fused-ring (bicyclic) bond motifs is 1. The van der Waals surface area contributed by atoms with Crippen molar-refractivity contribution in [3.8, 4) is 0 Å². The normalized spacial score (nSPS) is 20.8. The van der Waals surface area contributed by atoms with Gasteiger partial charge >= 0.3 is 0 Å². The summed E-state index contributed by atoms with van der Waals surface area (Å²) in [5, 5.41) is 7.21. The highest BCUT2D eigenvalue weighted by atomic mass is 79.9. The van der Waals surface area contributed by atoms with E-state index in [-0.39, 0.29) is 17.7 Å². The smallest absolute Gasteiger partial charge is 0.163 e. The van der Waals surface area contributed by atoms with Crippen LogP contribution < -0.4 is 10.6 Å². The second kappa shape index (κ2) is 7.53. The molecule has 2 atom stereocenters. The minimum Gasteiger partial charge on any atom is -0.372 e. The Morgan fingerprint density at radius 3 is 2.21 bits per heavy atom. The number of ketones is 1. The molecule has 0 fully saturated rings. The zero-order valence-electron chi connectivity index (χ0n) is 15.9. The van der Waals surface area contributed by atoms with Gasteiger partial charge in [-0.1, -0.05) is 70.5 Å². The summed E-state index contributed by atoms with van der Waals surface area (Å²) in [5.74, 6) is 0.409. The van der Waals surface area contributed by atoms with E-state index in [0.29, 0.717) is 6.42 Å². The number of hydrogen-bond donors (Lipinski definition) is 2. The summed E-state index contributed by atoms with van der Waals surface area (Å²) < 4.78 is 1.03. The Hall–Kier alpha value is -2.85. The van der Waals surface area contributed by atoms with Crippen LogP contribution in [0, 0.1) is 0 Å². The Morgan fingerprint density at radius 1 is 0.759 bits per heavy atom. The number of carbonyl (C=O) groups is 1. The summed E-state index contributed by atoms with van der Waals surface area (Å²) >= 11 is 3.51. The van der Waals surface area contributed by atoms with Gasteiger partial charge in [0.25, 0.3) is 0 Å². The molecule has 4 heteroatoms. The fourth-order valence-electron chi connectivity index (χ4n) is 4.36. The average molecular weight is 445 g/mol. The minimum absolute atomic E-state index is 0.168. The fourth-order valence-corrected chi connectivity index (χ4v) is 4.62. The Balaban J connectivity index is 1.61. The molecule has 1 heterocycles. The average Bonchev–Trinajstić information content (AvgIpc) is 2.92. The van der Waals surface area contributed by atoms with Gasteiger partial charge in [0, 0.05) is 22.2 Å². The molecule has 144 valence electrons. The molecule has 29 heavy (non-hydrogen) atoms. The second-order valence-electron chi connectivity index (χ2n) is 7.63. The van der Waals surface area contributed by atoms with Crippen LogP contribution in [0.2, 0.25) is 0 Å². The van der Waals surface area contributed by atoms with Gasteiger partial charge in [-0.05, 0) is 47.7 Å². The molecular formula is C25H21BrN2O. The molecule has 0 amide bonds. The van der Waals surface area contributed by atoms with Gasteiger partial charge in [0.05, 0.1) is 17.4 Å². The molecule has 3 nitrogen and oxygen atoms in total. The van der Waals surface area contributed by atoms with Gasteiger partial charge in [0.1, 0.15) is 0 Å². The van der Waals surface area contributed by atoms with Crippen molar-refractivity contribution in [2.24, 2.45) is 0 Å². The summed E-state index contributed by atoms with van der Waals surface area (Å²) in [6, 6.07) is 26.6. The maximum absolute atomic E-state index is 13.4. The van der Waals surface area contributed by atoms with Crippen LogP contribution in [-0.4, -0.2) is 5.78 Å². The summed E-state index contributed by atoms with van der Waals surface area (Å²) in [5.41, 5.74) is 6.22. The molecular weight excluding hydrogens is 424 g/mol. The van der Waals surface area contributed by atoms with Crippen molar-refractivity contribution in [3.05, 3.63) is 106 Å². The Morgan fingerprint density at radius 2 is 1.45 bits per heavy atom. The van der Waals surface area contributed by atoms with Crippen LogP contribution in [0.4, 0.5) is 11.4 Å². The monoisotopic (exact) mass is 444 g/mol. The van der Waals surface area contributed by atoms with Crippen molar-refractivity contribution in [3.63, 3.8) is 0 Å². The highest BCUT2D eigenvalue weighted by Gasteiger charge is 2.35. The Kier molecular flexibility index (Phi) is 4.72. The van der Waals surface area contributed by atoms with Gasteiger partial charge < -0.3 is 10.6 Å². The third-order valence-corrected chi connectivity index (χ3v) is 6.31. The number of anilines is 2. The number of rotatable bonds is 2. The van der Waals surface area contributed by atoms with E-state index in [9.17, 15) is 4.79 Å². The number of para-hydroxylation sites is 2. The van der Waals surface area contributed by atoms with Gasteiger partial charge in [0.15, 0.2) is 5.78 Å². The van der Waals surface area contributed by atoms with E-state index in [1.165, 1.54) is 5.56 Å². The zero-order chi connectivity index (χ0) is 19.8. The topological polar surface area (TPSA) is 41.1 Å². The van der Waals surface area contributed by atoms with Gasteiger partial charge in [-0.15, -0.1) is 0 Å². The van der Waals surface area contributed by atoms with Crippen LogP contribution in [0.3, 0.4) is 0 Å². The SMILES string of the molecule is O=C1C[C@H](c2ccccc2)CC2=C1[C@H](c1ccc(Br)cc1)Nc1ccccc1N2. The Labute approximate surface area is 179 Å². The lowest BCUT2D eigenvalue weighted by Gasteiger charge is -2.30. The highest BCUT2D eigenvalue weighted by Crippen LogP contribution is 2.44. The predicted octanol–water partition coefficient (Wildman–Crippen LogP) is 6.43. The van der Waals surface area contributed by atoms with E-state index >= 15 is 0 Å². The summed E-state index contributed by atoms with van der Waals surface area (Å²) in [6.07, 6.45) is 1.36. The molecule has 0 saturated carbocycles. The van der Waals surface area contributed by atoms with Crippen LogP contribution in [0.25, 0.3) is 0 Å². The van der Waals surface area contributed by atoms with E-state index in [0.717, 1.165) is 39.1 Å². The van der Waals surface area contributed by atoms with Gasteiger partial charge in [0.2, 0.25) is 0 Å². The second-order valence-corrected chi connectivity index (χ2v) is 8.55. The number of halogens is 1. The van der Waals surface area contributed by atoms with Crippen LogP contribution in [0.1, 0.15) is 35.9 Å². The van der Waals surface area contributed by atoms with Crippen molar-refractivity contribution < 1.29 is 4.79 Å². The molecule has 0 aromatic heterocycles. The molecule has 3 aromatic carbocycles. The van der Waals surface area contributed by atoms with Crippen molar-refractivity contribution in [1.29, 1.82) is 0 Å². The number of hydrogen-bond acceptors (Lipinski definition) is 3. The lowest BCUT2D eigenvalue weighted by atomic mass is 9.78. The summed E-state index contributed by atoms with van der Waals surface area (Å²) in [4.78, 5) is 13.4. The predicted molar refractivity (Wildman–Crippen MR) is 121 cm³/mol. The van der Waals surface area contributed by atoms with Crippen molar-refractivity contribution in [1.82, 2.24) is 0 Å². The maximum Gasteiger partial charge on any atom is 0.163 e. The first kappa shape index (κ1) is 18.2. The molecule has 3 aromatic rings. The molecule has 0 spiro atoms. The van der Waals surface area contributed by atoms with Gasteiger partial charge in [-0.3, -0.25) is 4.79 Å². The molecule has 5 rings (SSSR count). The molecule has 0 saturated heterocycles. The minimum atomic E-state index is -0.168. The first-order valence-electron chi connectivity index (χ1n) is 9.88. The van der Waals surface area contributed by atoms with E-state index in [4.69, 9.17) is 0 Å². The van der Waals surface area contributed by atoms with Crippen LogP contribution in [0.5, 0.6) is 0 Å². The van der Waals surface area contributed by atoms with Crippen LogP contribution in [0.15, 0.2) is 94.6 Å². The number of benzene rings is 3. The summed E-state index contributed by atoms with van der Waals surface area (Å²) in [6.45, 7) is 0. The summed E-state index contributed by atoms with van der Waals surface area (Å²) in [7, 11) is 0. The Bertz CT molecular complexity index is 1090. The lowest BCUT2D eigenvalue weighted by Crippen LogP contribution is -2.26. The maximum atomic E-state index is 13.4. The molecule has 2 N–H and O–H groups in total. The zero-order valence-corrected chi connectivity index (χ0v) is 17.4. The molecule has 0 radical (unpaired) electrons. The van der Waals surface area contributed by atoms with Gasteiger partial charge in [-0.2, -0.15) is 0 Å². The third-order valence-electron chi connectivity index (χ3n) is 5.78. The van der Waals surface area contributed by atoms with Crippen LogP contribution >= 0.6 is 15.9 Å². The quantitative estimate of drug-likeness (QED) is 0.478. The molecule has 0 bridgehead atoms. The number of Topliss-reactive ketones (excluding diaryl/α,β-unsaturated/α-hetero) is 1. The van der Waals surface area contributed by atoms with Crippen molar-refractivity contribution >= 4 is 33.1 Å².